The van der Waals surface area contributed by atoms with E-state index in [1.54, 1.807) is 27.7 Å². The van der Waals surface area contributed by atoms with Crippen LogP contribution in [0.1, 0.15) is 34.1 Å². The first-order chi connectivity index (χ1) is 9.23. The maximum absolute atomic E-state index is 14.0. The van der Waals surface area contributed by atoms with E-state index in [1.807, 2.05) is 0 Å². The molecule has 0 aromatic heterocycles. The van der Waals surface area contributed by atoms with Gasteiger partial charge in [-0.2, -0.15) is 0 Å². The average molecular weight is 287 g/mol. The number of halogens is 1. The van der Waals surface area contributed by atoms with Gasteiger partial charge in [-0.05, 0) is 39.7 Å². The molecule has 1 rings (SSSR count). The second-order valence-corrected chi connectivity index (χ2v) is 5.62. The molecule has 0 saturated carbocycles. The molecule has 6 heteroatoms. The first kappa shape index (κ1) is 16.5. The number of amides is 1. The van der Waals surface area contributed by atoms with Gasteiger partial charge in [0.15, 0.2) is 0 Å². The van der Waals surface area contributed by atoms with E-state index in [2.05, 4.69) is 0 Å². The summed E-state index contributed by atoms with van der Waals surface area (Å²) in [6.45, 7) is 7.45. The number of carbonyl (C=O) groups is 2. The van der Waals surface area contributed by atoms with Crippen molar-refractivity contribution in [2.45, 2.75) is 45.9 Å². The third-order valence-electron chi connectivity index (χ3n) is 2.69. The molecule has 114 valence electrons. The number of likely N-dealkylation sites (tertiary alicyclic amines) is 1. The lowest BCUT2D eigenvalue weighted by Crippen LogP contribution is -2.44. The van der Waals surface area contributed by atoms with E-state index in [9.17, 15) is 14.0 Å². The van der Waals surface area contributed by atoms with E-state index in [4.69, 9.17) is 9.47 Å². The van der Waals surface area contributed by atoms with Gasteiger partial charge in [0, 0.05) is 12.6 Å². The van der Waals surface area contributed by atoms with Crippen molar-refractivity contribution in [2.75, 3.05) is 19.7 Å². The molecule has 1 amide bonds. The van der Waals surface area contributed by atoms with Gasteiger partial charge >= 0.3 is 12.1 Å². The van der Waals surface area contributed by atoms with Crippen molar-refractivity contribution < 1.29 is 23.5 Å². The van der Waals surface area contributed by atoms with Crippen LogP contribution in [0.25, 0.3) is 0 Å². The Kier molecular flexibility index (Phi) is 5.53. The van der Waals surface area contributed by atoms with Gasteiger partial charge in [0.1, 0.15) is 11.8 Å². The van der Waals surface area contributed by atoms with Gasteiger partial charge in [-0.3, -0.25) is 0 Å². The minimum Gasteiger partial charge on any atom is -0.463 e. The first-order valence-corrected chi connectivity index (χ1v) is 6.72. The lowest BCUT2D eigenvalue weighted by atomic mass is 10.0. The number of alkyl halides is 1. The summed E-state index contributed by atoms with van der Waals surface area (Å²) in [6.07, 6.45) is -0.407. The van der Waals surface area contributed by atoms with E-state index in [0.717, 1.165) is 0 Å². The largest absolute Gasteiger partial charge is 0.463 e. The van der Waals surface area contributed by atoms with Gasteiger partial charge in [0.2, 0.25) is 0 Å². The Morgan fingerprint density at radius 2 is 2.10 bits per heavy atom. The molecule has 0 bridgehead atoms. The Morgan fingerprint density at radius 3 is 2.60 bits per heavy atom. The summed E-state index contributed by atoms with van der Waals surface area (Å²) in [5.41, 5.74) is -0.243. The van der Waals surface area contributed by atoms with E-state index in [1.165, 1.54) is 11.0 Å². The Morgan fingerprint density at radius 1 is 1.45 bits per heavy atom. The van der Waals surface area contributed by atoms with Crippen LogP contribution in [0.4, 0.5) is 9.18 Å². The standard InChI is InChI=1S/C14H22FNO4/c1-5-19-12(17)8-10-6-7-16(9-11(10)15)13(18)20-14(2,3)4/h8,11H,5-7,9H2,1-4H3/b10-8+/t11-/m0/s1. The summed E-state index contributed by atoms with van der Waals surface area (Å²) in [7, 11) is 0. The van der Waals surface area contributed by atoms with E-state index in [0.29, 0.717) is 18.5 Å². The highest BCUT2D eigenvalue weighted by atomic mass is 19.1. The van der Waals surface area contributed by atoms with Crippen molar-refractivity contribution in [3.63, 3.8) is 0 Å². The molecule has 0 aromatic rings. The van der Waals surface area contributed by atoms with E-state index < -0.39 is 23.8 Å². The number of hydrogen-bond donors (Lipinski definition) is 0. The fourth-order valence-corrected chi connectivity index (χ4v) is 1.81. The SMILES string of the molecule is CCOC(=O)/C=C1\CCN(C(=O)OC(C)(C)C)C[C@@H]1F. The molecule has 1 aliphatic rings. The zero-order chi connectivity index (χ0) is 15.3. The first-order valence-electron chi connectivity index (χ1n) is 6.72. The lowest BCUT2D eigenvalue weighted by Gasteiger charge is -2.32. The predicted octanol–water partition coefficient (Wildman–Crippen LogP) is 2.45. The lowest BCUT2D eigenvalue weighted by molar-refractivity contribution is -0.137. The summed E-state index contributed by atoms with van der Waals surface area (Å²) in [5.74, 6) is -0.545. The molecule has 5 nitrogen and oxygen atoms in total. The van der Waals surface area contributed by atoms with Crippen molar-refractivity contribution >= 4 is 12.1 Å². The van der Waals surface area contributed by atoms with Crippen molar-refractivity contribution in [3.8, 4) is 0 Å². The maximum atomic E-state index is 14.0. The molecule has 1 saturated heterocycles. The molecular weight excluding hydrogens is 265 g/mol. The third-order valence-corrected chi connectivity index (χ3v) is 2.69. The van der Waals surface area contributed by atoms with Crippen LogP contribution in [0.5, 0.6) is 0 Å². The van der Waals surface area contributed by atoms with Crippen LogP contribution in [0, 0.1) is 0 Å². The number of esters is 1. The highest BCUT2D eigenvalue weighted by Gasteiger charge is 2.30. The third kappa shape index (κ3) is 5.19. The van der Waals surface area contributed by atoms with Gasteiger partial charge < -0.3 is 14.4 Å². The molecular formula is C14H22FNO4. The summed E-state index contributed by atoms with van der Waals surface area (Å²) in [4.78, 5) is 24.4. The number of hydrogen-bond acceptors (Lipinski definition) is 4. The molecule has 1 fully saturated rings. The van der Waals surface area contributed by atoms with Crippen LogP contribution in [0.15, 0.2) is 11.6 Å². The average Bonchev–Trinajstić information content (AvgIpc) is 2.29. The molecule has 20 heavy (non-hydrogen) atoms. The monoisotopic (exact) mass is 287 g/mol. The minimum absolute atomic E-state index is 0.0971. The van der Waals surface area contributed by atoms with Crippen LogP contribution < -0.4 is 0 Å². The number of carbonyl (C=O) groups excluding carboxylic acids is 2. The predicted molar refractivity (Wildman–Crippen MR) is 72.0 cm³/mol. The molecule has 0 N–H and O–H groups in total. The van der Waals surface area contributed by atoms with E-state index >= 15 is 0 Å². The van der Waals surface area contributed by atoms with Gasteiger partial charge in [0.25, 0.3) is 0 Å². The topological polar surface area (TPSA) is 55.8 Å². The quantitative estimate of drug-likeness (QED) is 0.578. The zero-order valence-electron chi connectivity index (χ0n) is 12.4. The second-order valence-electron chi connectivity index (χ2n) is 5.62. The van der Waals surface area contributed by atoms with Crippen LogP contribution in [-0.4, -0.2) is 48.4 Å². The van der Waals surface area contributed by atoms with Gasteiger partial charge in [-0.1, -0.05) is 0 Å². The summed E-state index contributed by atoms with van der Waals surface area (Å²) < 4.78 is 23.9. The summed E-state index contributed by atoms with van der Waals surface area (Å²) >= 11 is 0. The fourth-order valence-electron chi connectivity index (χ4n) is 1.81. The number of nitrogens with zero attached hydrogens (tertiary/aromatic N) is 1. The summed E-state index contributed by atoms with van der Waals surface area (Å²) in [6, 6.07) is 0. The van der Waals surface area contributed by atoms with E-state index in [-0.39, 0.29) is 13.2 Å². The highest BCUT2D eigenvalue weighted by molar-refractivity contribution is 5.83. The number of ether oxygens (including phenoxy) is 2. The molecule has 0 unspecified atom stereocenters. The summed E-state index contributed by atoms with van der Waals surface area (Å²) in [5, 5.41) is 0. The Hall–Kier alpha value is -1.59. The van der Waals surface area contributed by atoms with Crippen LogP contribution in [-0.2, 0) is 14.3 Å². The van der Waals surface area contributed by atoms with Crippen molar-refractivity contribution in [1.82, 2.24) is 4.90 Å². The fraction of sp³-hybridized carbons (Fsp3) is 0.714. The minimum atomic E-state index is -1.36. The zero-order valence-corrected chi connectivity index (χ0v) is 12.4. The molecule has 0 aromatic carbocycles. The van der Waals surface area contributed by atoms with Crippen LogP contribution in [0.3, 0.4) is 0 Å². The number of piperidine rings is 1. The smallest absolute Gasteiger partial charge is 0.410 e. The molecule has 1 aliphatic heterocycles. The van der Waals surface area contributed by atoms with Crippen molar-refractivity contribution in [2.24, 2.45) is 0 Å². The Balaban J connectivity index is 2.59. The molecule has 1 atom stereocenters. The Bertz CT molecular complexity index is 400. The second kappa shape index (κ2) is 6.72. The van der Waals surface area contributed by atoms with Crippen LogP contribution >= 0.6 is 0 Å². The molecule has 0 aliphatic carbocycles. The van der Waals surface area contributed by atoms with Gasteiger partial charge in [-0.15, -0.1) is 0 Å². The van der Waals surface area contributed by atoms with Gasteiger partial charge in [-0.25, -0.2) is 14.0 Å². The molecule has 0 spiro atoms. The highest BCUT2D eigenvalue weighted by Crippen LogP contribution is 2.21. The van der Waals surface area contributed by atoms with Crippen molar-refractivity contribution in [3.05, 3.63) is 11.6 Å². The maximum Gasteiger partial charge on any atom is 0.410 e. The Labute approximate surface area is 118 Å². The molecule has 1 heterocycles. The normalized spacial score (nSPS) is 21.8. The van der Waals surface area contributed by atoms with Gasteiger partial charge in [0.05, 0.1) is 13.2 Å². The molecule has 0 radical (unpaired) electrons. The number of rotatable bonds is 2. The van der Waals surface area contributed by atoms with Crippen molar-refractivity contribution in [1.29, 1.82) is 0 Å². The van der Waals surface area contributed by atoms with Crippen LogP contribution in [0.2, 0.25) is 0 Å².